The standard InChI is InChI=1S/C20H29N3O6/c1-13(22-19(27)29-20(2,3)4)17(25)23-15(10-11-16(21)24)18(26)28-12-14-8-6-5-7-9-14/h5-9,13,15H,10-12H2,1-4H3,(H2,21,24)(H,22,27)(H,23,25)/t13-,15+/m1/s1. The monoisotopic (exact) mass is 407 g/mol. The summed E-state index contributed by atoms with van der Waals surface area (Å²) in [4.78, 5) is 47.7. The van der Waals surface area contributed by atoms with E-state index in [1.54, 1.807) is 45.0 Å². The molecule has 3 amide bonds. The van der Waals surface area contributed by atoms with Crippen LogP contribution in [0.4, 0.5) is 4.79 Å². The second-order valence-corrected chi connectivity index (χ2v) is 7.53. The van der Waals surface area contributed by atoms with Crippen molar-refractivity contribution in [1.82, 2.24) is 10.6 Å². The second kappa shape index (κ2) is 11.0. The normalized spacial score (nSPS) is 13.0. The Balaban J connectivity index is 2.67. The molecule has 0 saturated heterocycles. The number of benzene rings is 1. The molecule has 0 unspecified atom stereocenters. The van der Waals surface area contributed by atoms with Crippen LogP contribution < -0.4 is 16.4 Å². The van der Waals surface area contributed by atoms with Gasteiger partial charge >= 0.3 is 12.1 Å². The minimum atomic E-state index is -1.08. The van der Waals surface area contributed by atoms with Crippen molar-refractivity contribution in [3.63, 3.8) is 0 Å². The first-order chi connectivity index (χ1) is 13.5. The van der Waals surface area contributed by atoms with Gasteiger partial charge in [-0.1, -0.05) is 30.3 Å². The van der Waals surface area contributed by atoms with Crippen molar-refractivity contribution < 1.29 is 28.7 Å². The largest absolute Gasteiger partial charge is 0.459 e. The van der Waals surface area contributed by atoms with Crippen molar-refractivity contribution in [3.05, 3.63) is 35.9 Å². The van der Waals surface area contributed by atoms with E-state index in [2.05, 4.69) is 10.6 Å². The molecule has 0 aliphatic rings. The van der Waals surface area contributed by atoms with Gasteiger partial charge < -0.3 is 25.8 Å². The van der Waals surface area contributed by atoms with Gasteiger partial charge in [-0.2, -0.15) is 0 Å². The van der Waals surface area contributed by atoms with Crippen molar-refractivity contribution in [2.75, 3.05) is 0 Å². The average molecular weight is 407 g/mol. The zero-order chi connectivity index (χ0) is 22.0. The van der Waals surface area contributed by atoms with E-state index in [1.165, 1.54) is 6.92 Å². The number of primary amides is 1. The summed E-state index contributed by atoms with van der Waals surface area (Å²) in [7, 11) is 0. The maximum Gasteiger partial charge on any atom is 0.408 e. The van der Waals surface area contributed by atoms with E-state index in [0.29, 0.717) is 0 Å². The van der Waals surface area contributed by atoms with Gasteiger partial charge in [0, 0.05) is 6.42 Å². The minimum Gasteiger partial charge on any atom is -0.459 e. The number of carbonyl (C=O) groups is 4. The fourth-order valence-corrected chi connectivity index (χ4v) is 2.21. The number of hydrogen-bond acceptors (Lipinski definition) is 6. The van der Waals surface area contributed by atoms with Crippen molar-refractivity contribution in [1.29, 1.82) is 0 Å². The Morgan fingerprint density at radius 2 is 1.69 bits per heavy atom. The molecule has 0 radical (unpaired) electrons. The van der Waals surface area contributed by atoms with Gasteiger partial charge in [0.15, 0.2) is 0 Å². The fraction of sp³-hybridized carbons (Fsp3) is 0.500. The molecule has 160 valence electrons. The lowest BCUT2D eigenvalue weighted by Gasteiger charge is -2.23. The topological polar surface area (TPSA) is 137 Å². The predicted octanol–water partition coefficient (Wildman–Crippen LogP) is 1.39. The van der Waals surface area contributed by atoms with Crippen LogP contribution in [0, 0.1) is 0 Å². The van der Waals surface area contributed by atoms with Gasteiger partial charge in [-0.15, -0.1) is 0 Å². The van der Waals surface area contributed by atoms with Gasteiger partial charge in [-0.05, 0) is 39.7 Å². The van der Waals surface area contributed by atoms with E-state index in [9.17, 15) is 19.2 Å². The molecule has 0 saturated carbocycles. The zero-order valence-corrected chi connectivity index (χ0v) is 17.2. The van der Waals surface area contributed by atoms with Crippen LogP contribution in [0.2, 0.25) is 0 Å². The number of carbonyl (C=O) groups excluding carboxylic acids is 4. The lowest BCUT2D eigenvalue weighted by molar-refractivity contribution is -0.149. The van der Waals surface area contributed by atoms with E-state index >= 15 is 0 Å². The number of hydrogen-bond donors (Lipinski definition) is 3. The Morgan fingerprint density at radius 1 is 1.07 bits per heavy atom. The number of rotatable bonds is 9. The van der Waals surface area contributed by atoms with Gasteiger partial charge in [-0.25, -0.2) is 9.59 Å². The van der Waals surface area contributed by atoms with Crippen LogP contribution in [-0.2, 0) is 30.5 Å². The van der Waals surface area contributed by atoms with Crippen molar-refractivity contribution in [3.8, 4) is 0 Å². The maximum atomic E-state index is 12.4. The number of alkyl carbamates (subject to hydrolysis) is 1. The fourth-order valence-electron chi connectivity index (χ4n) is 2.21. The molecule has 9 nitrogen and oxygen atoms in total. The molecule has 0 aliphatic carbocycles. The second-order valence-electron chi connectivity index (χ2n) is 7.53. The van der Waals surface area contributed by atoms with E-state index in [4.69, 9.17) is 15.2 Å². The first-order valence-corrected chi connectivity index (χ1v) is 9.26. The summed E-state index contributed by atoms with van der Waals surface area (Å²) < 4.78 is 10.3. The Morgan fingerprint density at radius 3 is 2.24 bits per heavy atom. The molecule has 0 fully saturated rings. The van der Waals surface area contributed by atoms with E-state index < -0.39 is 41.6 Å². The number of nitrogens with one attached hydrogen (secondary N) is 2. The highest BCUT2D eigenvalue weighted by molar-refractivity contribution is 5.89. The van der Waals surface area contributed by atoms with Crippen molar-refractivity contribution >= 4 is 23.9 Å². The summed E-state index contributed by atoms with van der Waals surface area (Å²) in [6.45, 7) is 6.55. The van der Waals surface area contributed by atoms with Gasteiger partial charge in [0.1, 0.15) is 24.3 Å². The van der Waals surface area contributed by atoms with Crippen molar-refractivity contribution in [2.24, 2.45) is 5.73 Å². The molecular weight excluding hydrogens is 378 g/mol. The highest BCUT2D eigenvalue weighted by Crippen LogP contribution is 2.08. The number of amides is 3. The highest BCUT2D eigenvalue weighted by atomic mass is 16.6. The van der Waals surface area contributed by atoms with Gasteiger partial charge in [0.05, 0.1) is 0 Å². The molecule has 1 rings (SSSR count). The Kier molecular flexibility index (Phi) is 9.11. The third-order valence-electron chi connectivity index (χ3n) is 3.63. The van der Waals surface area contributed by atoms with Gasteiger partial charge in [0.2, 0.25) is 11.8 Å². The van der Waals surface area contributed by atoms with Crippen LogP contribution >= 0.6 is 0 Å². The minimum absolute atomic E-state index is 0.0200. The van der Waals surface area contributed by atoms with Crippen LogP contribution in [0.3, 0.4) is 0 Å². The quantitative estimate of drug-likeness (QED) is 0.529. The average Bonchev–Trinajstić information content (AvgIpc) is 2.61. The van der Waals surface area contributed by atoms with Crippen LogP contribution in [0.15, 0.2) is 30.3 Å². The number of nitrogens with two attached hydrogens (primary N) is 1. The van der Waals surface area contributed by atoms with Gasteiger partial charge in [0.25, 0.3) is 0 Å². The lowest BCUT2D eigenvalue weighted by atomic mass is 10.1. The highest BCUT2D eigenvalue weighted by Gasteiger charge is 2.27. The van der Waals surface area contributed by atoms with E-state index in [1.807, 2.05) is 6.07 Å². The number of ether oxygens (including phenoxy) is 2. The molecule has 1 aromatic carbocycles. The molecule has 0 spiro atoms. The summed E-state index contributed by atoms with van der Waals surface area (Å²) in [6.07, 6.45) is -0.895. The molecule has 29 heavy (non-hydrogen) atoms. The molecule has 4 N–H and O–H groups in total. The van der Waals surface area contributed by atoms with Gasteiger partial charge in [-0.3, -0.25) is 9.59 Å². The zero-order valence-electron chi connectivity index (χ0n) is 17.2. The predicted molar refractivity (Wildman–Crippen MR) is 105 cm³/mol. The van der Waals surface area contributed by atoms with E-state index in [-0.39, 0.29) is 19.4 Å². The summed E-state index contributed by atoms with van der Waals surface area (Å²) >= 11 is 0. The summed E-state index contributed by atoms with van der Waals surface area (Å²) in [5, 5.41) is 4.87. The summed E-state index contributed by atoms with van der Waals surface area (Å²) in [6, 6.07) is 6.97. The van der Waals surface area contributed by atoms with Crippen LogP contribution in [0.1, 0.15) is 46.1 Å². The molecule has 0 heterocycles. The summed E-state index contributed by atoms with van der Waals surface area (Å²) in [5.74, 6) is -1.94. The molecule has 0 bridgehead atoms. The third-order valence-corrected chi connectivity index (χ3v) is 3.63. The van der Waals surface area contributed by atoms with Crippen molar-refractivity contribution in [2.45, 2.75) is 64.8 Å². The molecule has 1 aromatic rings. The molecule has 0 aliphatic heterocycles. The Bertz CT molecular complexity index is 715. The molecule has 0 aromatic heterocycles. The van der Waals surface area contributed by atoms with E-state index in [0.717, 1.165) is 5.56 Å². The molecular formula is C20H29N3O6. The van der Waals surface area contributed by atoms with Crippen LogP contribution in [-0.4, -0.2) is 41.6 Å². The molecule has 9 heteroatoms. The first-order valence-electron chi connectivity index (χ1n) is 9.26. The Labute approximate surface area is 170 Å². The lowest BCUT2D eigenvalue weighted by Crippen LogP contribution is -2.51. The van der Waals surface area contributed by atoms with Crippen LogP contribution in [0.5, 0.6) is 0 Å². The SMILES string of the molecule is C[C@@H](NC(=O)OC(C)(C)C)C(=O)N[C@@H](CCC(N)=O)C(=O)OCc1ccccc1. The maximum absolute atomic E-state index is 12.4. The Hall–Kier alpha value is -3.10. The first kappa shape index (κ1) is 23.9. The number of esters is 1. The smallest absolute Gasteiger partial charge is 0.408 e. The summed E-state index contributed by atoms with van der Waals surface area (Å²) in [5.41, 5.74) is 5.21. The molecule has 2 atom stereocenters. The van der Waals surface area contributed by atoms with Crippen LogP contribution in [0.25, 0.3) is 0 Å². The third kappa shape index (κ3) is 10.1.